The Kier molecular flexibility index (Phi) is 2.19. The second-order valence-electron chi connectivity index (χ2n) is 2.68. The third-order valence-electron chi connectivity index (χ3n) is 1.49. The first kappa shape index (κ1) is 8.14. The molecule has 0 unspecified atom stereocenters. The van der Waals surface area contributed by atoms with Crippen LogP contribution in [0.5, 0.6) is 0 Å². The van der Waals surface area contributed by atoms with Gasteiger partial charge in [0, 0.05) is 17.8 Å². The van der Waals surface area contributed by atoms with Crippen molar-refractivity contribution in [1.82, 2.24) is 4.98 Å². The lowest BCUT2D eigenvalue weighted by Crippen LogP contribution is -2.08. The van der Waals surface area contributed by atoms with E-state index in [0.717, 1.165) is 5.56 Å². The van der Waals surface area contributed by atoms with E-state index < -0.39 is 5.95 Å². The standard InChI is InChI=1S/C8H11FN2/c1-5-3-7(6(2)10)8(9)11-4-5/h3-4,6H,10H2,1-2H3/t6-/m1/s1. The first-order valence-corrected chi connectivity index (χ1v) is 3.49. The van der Waals surface area contributed by atoms with Crippen LogP contribution in [0.2, 0.25) is 0 Å². The lowest BCUT2D eigenvalue weighted by atomic mass is 10.1. The van der Waals surface area contributed by atoms with Crippen molar-refractivity contribution in [2.24, 2.45) is 5.73 Å². The van der Waals surface area contributed by atoms with E-state index >= 15 is 0 Å². The van der Waals surface area contributed by atoms with Crippen LogP contribution in [0.4, 0.5) is 4.39 Å². The highest BCUT2D eigenvalue weighted by molar-refractivity contribution is 5.20. The Morgan fingerprint density at radius 1 is 1.64 bits per heavy atom. The molecule has 1 atom stereocenters. The largest absolute Gasteiger partial charge is 0.324 e. The van der Waals surface area contributed by atoms with E-state index in [1.54, 1.807) is 13.0 Å². The number of hydrogen-bond acceptors (Lipinski definition) is 2. The lowest BCUT2D eigenvalue weighted by Gasteiger charge is -2.05. The molecule has 0 aliphatic heterocycles. The van der Waals surface area contributed by atoms with E-state index in [9.17, 15) is 4.39 Å². The second-order valence-corrected chi connectivity index (χ2v) is 2.68. The average molecular weight is 154 g/mol. The number of nitrogens with two attached hydrogens (primary N) is 1. The quantitative estimate of drug-likeness (QED) is 0.623. The Morgan fingerprint density at radius 2 is 2.27 bits per heavy atom. The first-order valence-electron chi connectivity index (χ1n) is 3.49. The molecule has 0 amide bonds. The van der Waals surface area contributed by atoms with Crippen LogP contribution in [0, 0.1) is 12.9 Å². The first-order chi connectivity index (χ1) is 5.11. The van der Waals surface area contributed by atoms with Gasteiger partial charge in [0.1, 0.15) is 0 Å². The number of pyridine rings is 1. The van der Waals surface area contributed by atoms with Crippen LogP contribution in [0.1, 0.15) is 24.1 Å². The topological polar surface area (TPSA) is 38.9 Å². The van der Waals surface area contributed by atoms with Gasteiger partial charge in [0.25, 0.3) is 0 Å². The van der Waals surface area contributed by atoms with E-state index in [1.807, 2.05) is 6.92 Å². The number of aromatic nitrogens is 1. The molecule has 0 radical (unpaired) electrons. The Labute approximate surface area is 65.3 Å². The Bertz CT molecular complexity index is 258. The van der Waals surface area contributed by atoms with E-state index in [1.165, 1.54) is 6.20 Å². The van der Waals surface area contributed by atoms with Crippen molar-refractivity contribution in [3.8, 4) is 0 Å². The molecule has 0 bridgehead atoms. The van der Waals surface area contributed by atoms with Gasteiger partial charge in [-0.3, -0.25) is 0 Å². The maximum absolute atomic E-state index is 12.8. The predicted molar refractivity (Wildman–Crippen MR) is 41.5 cm³/mol. The molecule has 11 heavy (non-hydrogen) atoms. The summed E-state index contributed by atoms with van der Waals surface area (Å²) >= 11 is 0. The fraction of sp³-hybridized carbons (Fsp3) is 0.375. The van der Waals surface area contributed by atoms with Gasteiger partial charge in [-0.25, -0.2) is 4.98 Å². The van der Waals surface area contributed by atoms with Gasteiger partial charge in [0.2, 0.25) is 5.95 Å². The summed E-state index contributed by atoms with van der Waals surface area (Å²) in [7, 11) is 0. The van der Waals surface area contributed by atoms with Crippen molar-refractivity contribution in [2.45, 2.75) is 19.9 Å². The molecule has 0 fully saturated rings. The molecule has 3 heteroatoms. The number of halogens is 1. The molecular weight excluding hydrogens is 143 g/mol. The van der Waals surface area contributed by atoms with Crippen molar-refractivity contribution in [3.63, 3.8) is 0 Å². The molecule has 0 saturated heterocycles. The fourth-order valence-electron chi connectivity index (χ4n) is 0.894. The molecule has 0 aliphatic carbocycles. The Morgan fingerprint density at radius 3 is 2.73 bits per heavy atom. The van der Waals surface area contributed by atoms with Crippen LogP contribution in [0.15, 0.2) is 12.3 Å². The van der Waals surface area contributed by atoms with Crippen LogP contribution >= 0.6 is 0 Å². The third kappa shape index (κ3) is 1.74. The summed E-state index contributed by atoms with van der Waals surface area (Å²) in [5.41, 5.74) is 6.91. The molecule has 0 aliphatic rings. The van der Waals surface area contributed by atoms with Gasteiger partial charge in [-0.05, 0) is 25.5 Å². The van der Waals surface area contributed by atoms with Crippen LogP contribution < -0.4 is 5.73 Å². The number of aryl methyl sites for hydroxylation is 1. The van der Waals surface area contributed by atoms with Crippen molar-refractivity contribution >= 4 is 0 Å². The van der Waals surface area contributed by atoms with Gasteiger partial charge in [0.15, 0.2) is 0 Å². The molecule has 1 heterocycles. The van der Waals surface area contributed by atoms with Crippen molar-refractivity contribution < 1.29 is 4.39 Å². The highest BCUT2D eigenvalue weighted by Gasteiger charge is 2.06. The van der Waals surface area contributed by atoms with E-state index in [-0.39, 0.29) is 6.04 Å². The minimum Gasteiger partial charge on any atom is -0.324 e. The monoisotopic (exact) mass is 154 g/mol. The molecule has 2 N–H and O–H groups in total. The maximum atomic E-state index is 12.8. The van der Waals surface area contributed by atoms with Crippen LogP contribution in [-0.4, -0.2) is 4.98 Å². The van der Waals surface area contributed by atoms with Gasteiger partial charge in [-0.2, -0.15) is 4.39 Å². The minimum absolute atomic E-state index is 0.289. The van der Waals surface area contributed by atoms with Crippen molar-refractivity contribution in [2.75, 3.05) is 0 Å². The molecule has 60 valence electrons. The van der Waals surface area contributed by atoms with Gasteiger partial charge in [-0.15, -0.1) is 0 Å². The van der Waals surface area contributed by atoms with Crippen LogP contribution in [0.3, 0.4) is 0 Å². The summed E-state index contributed by atoms with van der Waals surface area (Å²) in [6.45, 7) is 3.60. The minimum atomic E-state index is -0.467. The maximum Gasteiger partial charge on any atom is 0.217 e. The molecule has 1 aromatic rings. The Balaban J connectivity index is 3.13. The van der Waals surface area contributed by atoms with Gasteiger partial charge in [-0.1, -0.05) is 0 Å². The second kappa shape index (κ2) is 2.96. The van der Waals surface area contributed by atoms with Crippen LogP contribution in [0.25, 0.3) is 0 Å². The van der Waals surface area contributed by atoms with Crippen molar-refractivity contribution in [3.05, 3.63) is 29.3 Å². The summed E-state index contributed by atoms with van der Waals surface area (Å²) < 4.78 is 12.8. The normalized spacial score (nSPS) is 13.1. The molecule has 2 nitrogen and oxygen atoms in total. The fourth-order valence-corrected chi connectivity index (χ4v) is 0.894. The molecule has 0 spiro atoms. The number of nitrogens with zero attached hydrogens (tertiary/aromatic N) is 1. The van der Waals surface area contributed by atoms with E-state index in [2.05, 4.69) is 4.98 Å². The molecular formula is C8H11FN2. The summed E-state index contributed by atoms with van der Waals surface area (Å²) in [5, 5.41) is 0. The molecule has 0 saturated carbocycles. The zero-order chi connectivity index (χ0) is 8.43. The van der Waals surface area contributed by atoms with Gasteiger partial charge >= 0.3 is 0 Å². The average Bonchev–Trinajstić information content (AvgIpc) is 1.94. The SMILES string of the molecule is Cc1cnc(F)c([C@@H](C)N)c1. The lowest BCUT2D eigenvalue weighted by molar-refractivity contribution is 0.552. The summed E-state index contributed by atoms with van der Waals surface area (Å²) in [6, 6.07) is 1.43. The van der Waals surface area contributed by atoms with Crippen LogP contribution in [-0.2, 0) is 0 Å². The summed E-state index contributed by atoms with van der Waals surface area (Å²) in [6.07, 6.45) is 1.49. The van der Waals surface area contributed by atoms with Crippen molar-refractivity contribution in [1.29, 1.82) is 0 Å². The number of rotatable bonds is 1. The zero-order valence-corrected chi connectivity index (χ0v) is 6.63. The van der Waals surface area contributed by atoms with E-state index in [0.29, 0.717) is 5.56 Å². The summed E-state index contributed by atoms with van der Waals surface area (Å²) in [5.74, 6) is -0.467. The van der Waals surface area contributed by atoms with Gasteiger partial charge < -0.3 is 5.73 Å². The third-order valence-corrected chi connectivity index (χ3v) is 1.49. The van der Waals surface area contributed by atoms with E-state index in [4.69, 9.17) is 5.73 Å². The predicted octanol–water partition coefficient (Wildman–Crippen LogP) is 1.55. The molecule has 1 aromatic heterocycles. The zero-order valence-electron chi connectivity index (χ0n) is 6.63. The Hall–Kier alpha value is -0.960. The van der Waals surface area contributed by atoms with Gasteiger partial charge in [0.05, 0.1) is 0 Å². The summed E-state index contributed by atoms with van der Waals surface area (Å²) in [4.78, 5) is 3.55. The highest BCUT2D eigenvalue weighted by atomic mass is 19.1. The molecule has 0 aromatic carbocycles. The highest BCUT2D eigenvalue weighted by Crippen LogP contribution is 2.13. The smallest absolute Gasteiger partial charge is 0.217 e. The number of hydrogen-bond donors (Lipinski definition) is 1. The molecule has 1 rings (SSSR count).